The third-order valence-electron chi connectivity index (χ3n) is 2.89. The number of hydrogen-bond acceptors (Lipinski definition) is 5. The van der Waals surface area contributed by atoms with Crippen LogP contribution in [0.25, 0.3) is 11.0 Å². The Morgan fingerprint density at radius 3 is 2.81 bits per heavy atom. The second-order valence-electron chi connectivity index (χ2n) is 4.47. The minimum absolute atomic E-state index is 0.165. The van der Waals surface area contributed by atoms with Gasteiger partial charge in [-0.25, -0.2) is 10.1 Å². The molecule has 0 spiro atoms. The van der Waals surface area contributed by atoms with E-state index in [1.807, 2.05) is 36.4 Å². The van der Waals surface area contributed by atoms with Crippen LogP contribution in [0, 0.1) is 0 Å². The lowest BCUT2D eigenvalue weighted by molar-refractivity contribution is -0.120. The van der Waals surface area contributed by atoms with Crippen molar-refractivity contribution in [1.82, 2.24) is 15.7 Å². The van der Waals surface area contributed by atoms with E-state index in [1.165, 1.54) is 0 Å². The predicted molar refractivity (Wildman–Crippen MR) is 77.7 cm³/mol. The average Bonchev–Trinajstić information content (AvgIpc) is 2.96. The fourth-order valence-electron chi connectivity index (χ4n) is 1.88. The highest BCUT2D eigenvalue weighted by Gasteiger charge is 2.02. The molecule has 104 valence electrons. The van der Waals surface area contributed by atoms with E-state index in [0.717, 1.165) is 11.1 Å². The normalized spacial score (nSPS) is 11.0. The van der Waals surface area contributed by atoms with Crippen LogP contribution >= 0.6 is 0 Å². The number of benzene rings is 2. The minimum Gasteiger partial charge on any atom is -0.273 e. The molecule has 0 radical (unpaired) electrons. The summed E-state index contributed by atoms with van der Waals surface area (Å²) < 4.78 is 4.61. The first-order valence-electron chi connectivity index (χ1n) is 6.39. The zero-order chi connectivity index (χ0) is 14.5. The lowest BCUT2D eigenvalue weighted by Gasteiger charge is -1.99. The van der Waals surface area contributed by atoms with E-state index >= 15 is 0 Å². The maximum absolute atomic E-state index is 11.7. The highest BCUT2D eigenvalue weighted by Crippen LogP contribution is 2.09. The van der Waals surface area contributed by atoms with Crippen LogP contribution in [0.5, 0.6) is 0 Å². The van der Waals surface area contributed by atoms with E-state index in [1.54, 1.807) is 18.3 Å². The van der Waals surface area contributed by atoms with Crippen LogP contribution in [0.2, 0.25) is 0 Å². The zero-order valence-corrected chi connectivity index (χ0v) is 11.1. The van der Waals surface area contributed by atoms with Gasteiger partial charge in [-0.2, -0.15) is 5.10 Å². The molecule has 1 heterocycles. The number of rotatable bonds is 4. The molecule has 0 saturated heterocycles. The van der Waals surface area contributed by atoms with Crippen molar-refractivity contribution in [1.29, 1.82) is 0 Å². The number of hydrogen-bond donors (Lipinski definition) is 1. The summed E-state index contributed by atoms with van der Waals surface area (Å²) >= 11 is 0. The molecule has 6 heteroatoms. The third kappa shape index (κ3) is 3.30. The van der Waals surface area contributed by atoms with Crippen LogP contribution in [-0.4, -0.2) is 22.4 Å². The number of amides is 1. The molecule has 6 nitrogen and oxygen atoms in total. The van der Waals surface area contributed by atoms with Gasteiger partial charge in [-0.1, -0.05) is 36.4 Å². The van der Waals surface area contributed by atoms with Crippen molar-refractivity contribution in [3.8, 4) is 0 Å². The van der Waals surface area contributed by atoms with Crippen molar-refractivity contribution in [3.05, 3.63) is 59.7 Å². The Bertz CT molecular complexity index is 780. The lowest BCUT2D eigenvalue weighted by atomic mass is 10.1. The maximum Gasteiger partial charge on any atom is 0.244 e. The molecule has 21 heavy (non-hydrogen) atoms. The van der Waals surface area contributed by atoms with Crippen molar-refractivity contribution in [2.24, 2.45) is 5.10 Å². The molecule has 1 N–H and O–H groups in total. The van der Waals surface area contributed by atoms with E-state index in [0.29, 0.717) is 17.5 Å². The molecule has 0 unspecified atom stereocenters. The van der Waals surface area contributed by atoms with Gasteiger partial charge in [-0.3, -0.25) is 4.79 Å². The van der Waals surface area contributed by atoms with Crippen molar-refractivity contribution in [3.63, 3.8) is 0 Å². The number of nitrogens with one attached hydrogen (secondary N) is 1. The number of aromatic nitrogens is 2. The molecule has 1 amide bonds. The standard InChI is InChI=1S/C15H12N4O2/c20-15(9-11-4-2-1-3-5-11)17-16-10-12-6-7-13-14(8-12)19-21-18-13/h1-8,10H,9H2,(H,17,20)/b16-10+. The summed E-state index contributed by atoms with van der Waals surface area (Å²) in [5, 5.41) is 11.4. The second-order valence-corrected chi connectivity index (χ2v) is 4.47. The quantitative estimate of drug-likeness (QED) is 0.585. The maximum atomic E-state index is 11.7. The van der Waals surface area contributed by atoms with Crippen LogP contribution in [0.1, 0.15) is 11.1 Å². The highest BCUT2D eigenvalue weighted by molar-refractivity contribution is 5.87. The largest absolute Gasteiger partial charge is 0.273 e. The van der Waals surface area contributed by atoms with Crippen LogP contribution in [-0.2, 0) is 11.2 Å². The summed E-state index contributed by atoms with van der Waals surface area (Å²) in [6.45, 7) is 0. The van der Waals surface area contributed by atoms with Crippen molar-refractivity contribution in [2.45, 2.75) is 6.42 Å². The Kier molecular flexibility index (Phi) is 3.68. The van der Waals surface area contributed by atoms with Gasteiger partial charge in [0.2, 0.25) is 5.91 Å². The molecule has 1 aromatic heterocycles. The Balaban J connectivity index is 1.60. The van der Waals surface area contributed by atoms with Crippen LogP contribution < -0.4 is 5.43 Å². The van der Waals surface area contributed by atoms with Crippen LogP contribution in [0.3, 0.4) is 0 Å². The molecule has 0 bridgehead atoms. The SMILES string of the molecule is O=C(Cc1ccccc1)N/N=C/c1ccc2nonc2c1. The summed E-state index contributed by atoms with van der Waals surface area (Å²) in [5.41, 5.74) is 5.57. The number of nitrogens with zero attached hydrogens (tertiary/aromatic N) is 3. The molecular formula is C15H12N4O2. The van der Waals surface area contributed by atoms with Gasteiger partial charge in [-0.05, 0) is 33.6 Å². The van der Waals surface area contributed by atoms with Crippen LogP contribution in [0.4, 0.5) is 0 Å². The molecule has 0 saturated carbocycles. The smallest absolute Gasteiger partial charge is 0.244 e. The number of carbonyl (C=O) groups excluding carboxylic acids is 1. The van der Waals surface area contributed by atoms with Crippen LogP contribution in [0.15, 0.2) is 58.3 Å². The Morgan fingerprint density at radius 1 is 1.14 bits per heavy atom. The average molecular weight is 280 g/mol. The summed E-state index contributed by atoms with van der Waals surface area (Å²) in [7, 11) is 0. The van der Waals surface area contributed by atoms with Gasteiger partial charge in [0, 0.05) is 0 Å². The Labute approximate surface area is 120 Å². The van der Waals surface area contributed by atoms with E-state index in [-0.39, 0.29) is 5.91 Å². The molecule has 3 rings (SSSR count). The van der Waals surface area contributed by atoms with E-state index < -0.39 is 0 Å². The summed E-state index contributed by atoms with van der Waals surface area (Å²) in [4.78, 5) is 11.7. The van der Waals surface area contributed by atoms with Crippen molar-refractivity contribution >= 4 is 23.2 Å². The monoisotopic (exact) mass is 280 g/mol. The highest BCUT2D eigenvalue weighted by atomic mass is 16.6. The first-order valence-corrected chi connectivity index (χ1v) is 6.39. The number of hydrazone groups is 1. The first kappa shape index (κ1) is 13.0. The molecule has 0 aliphatic carbocycles. The van der Waals surface area contributed by atoms with E-state index in [4.69, 9.17) is 0 Å². The number of fused-ring (bicyclic) bond motifs is 1. The van der Waals surface area contributed by atoms with E-state index in [9.17, 15) is 4.79 Å². The fourth-order valence-corrected chi connectivity index (χ4v) is 1.88. The van der Waals surface area contributed by atoms with Gasteiger partial charge < -0.3 is 0 Å². The first-order chi connectivity index (χ1) is 10.3. The molecule has 0 fully saturated rings. The molecular weight excluding hydrogens is 268 g/mol. The zero-order valence-electron chi connectivity index (χ0n) is 11.1. The summed E-state index contributed by atoms with van der Waals surface area (Å²) in [6.07, 6.45) is 1.85. The van der Waals surface area contributed by atoms with Crippen molar-refractivity contribution in [2.75, 3.05) is 0 Å². The second kappa shape index (κ2) is 5.96. The molecule has 0 aliphatic rings. The molecule has 0 aliphatic heterocycles. The molecule has 3 aromatic rings. The third-order valence-corrected chi connectivity index (χ3v) is 2.89. The Hall–Kier alpha value is -3.02. The van der Waals surface area contributed by atoms with Gasteiger partial charge in [0.05, 0.1) is 12.6 Å². The topological polar surface area (TPSA) is 80.4 Å². The fraction of sp³-hybridized carbons (Fsp3) is 0.0667. The molecule has 0 atom stereocenters. The van der Waals surface area contributed by atoms with Gasteiger partial charge in [-0.15, -0.1) is 0 Å². The van der Waals surface area contributed by atoms with E-state index in [2.05, 4.69) is 25.5 Å². The number of carbonyl (C=O) groups is 1. The van der Waals surface area contributed by atoms with Gasteiger partial charge in [0.15, 0.2) is 0 Å². The summed E-state index contributed by atoms with van der Waals surface area (Å²) in [6, 6.07) is 14.9. The Morgan fingerprint density at radius 2 is 1.95 bits per heavy atom. The van der Waals surface area contributed by atoms with Gasteiger partial charge >= 0.3 is 0 Å². The van der Waals surface area contributed by atoms with Gasteiger partial charge in [0.25, 0.3) is 0 Å². The van der Waals surface area contributed by atoms with Crippen molar-refractivity contribution < 1.29 is 9.42 Å². The summed E-state index contributed by atoms with van der Waals surface area (Å²) in [5.74, 6) is -0.165. The lowest BCUT2D eigenvalue weighted by Crippen LogP contribution is -2.19. The predicted octanol–water partition coefficient (Wildman–Crippen LogP) is 1.92. The van der Waals surface area contributed by atoms with Gasteiger partial charge in [0.1, 0.15) is 11.0 Å². The molecule has 2 aromatic carbocycles. The minimum atomic E-state index is -0.165.